The first-order valence-electron chi connectivity index (χ1n) is 6.42. The zero-order valence-corrected chi connectivity index (χ0v) is 10.7. The molecular weight excluding hydrogens is 228 g/mol. The molecule has 0 saturated carbocycles. The van der Waals surface area contributed by atoms with Crippen molar-refractivity contribution in [1.82, 2.24) is 20.5 Å². The van der Waals surface area contributed by atoms with Crippen LogP contribution in [0.25, 0.3) is 0 Å². The fourth-order valence-electron chi connectivity index (χ4n) is 2.21. The Morgan fingerprint density at radius 2 is 2.33 bits per heavy atom. The summed E-state index contributed by atoms with van der Waals surface area (Å²) in [4.78, 5) is 18.2. The number of aromatic nitrogens is 1. The van der Waals surface area contributed by atoms with Gasteiger partial charge in [-0.3, -0.25) is 14.7 Å². The van der Waals surface area contributed by atoms with E-state index in [1.54, 1.807) is 12.4 Å². The van der Waals surface area contributed by atoms with E-state index >= 15 is 0 Å². The minimum absolute atomic E-state index is 0.0770. The Hall–Kier alpha value is -1.46. The van der Waals surface area contributed by atoms with E-state index in [1.807, 2.05) is 19.1 Å². The second-order valence-electron chi connectivity index (χ2n) is 4.44. The second kappa shape index (κ2) is 6.47. The third-order valence-corrected chi connectivity index (χ3v) is 3.14. The Balaban J connectivity index is 2.01. The third kappa shape index (κ3) is 3.27. The largest absolute Gasteiger partial charge is 0.355 e. The maximum atomic E-state index is 12.0. The van der Waals surface area contributed by atoms with E-state index in [4.69, 9.17) is 0 Å². The van der Waals surface area contributed by atoms with Crippen LogP contribution < -0.4 is 10.6 Å². The van der Waals surface area contributed by atoms with Crippen LogP contribution in [-0.4, -0.2) is 48.0 Å². The summed E-state index contributed by atoms with van der Waals surface area (Å²) in [5.74, 6) is 0.110. The fourth-order valence-corrected chi connectivity index (χ4v) is 2.21. The summed E-state index contributed by atoms with van der Waals surface area (Å²) in [7, 11) is 0. The van der Waals surface area contributed by atoms with Gasteiger partial charge >= 0.3 is 0 Å². The number of carbonyl (C=O) groups excluding carboxylic acids is 1. The molecule has 1 fully saturated rings. The van der Waals surface area contributed by atoms with Crippen molar-refractivity contribution in [2.75, 3.05) is 26.2 Å². The monoisotopic (exact) mass is 248 g/mol. The van der Waals surface area contributed by atoms with Crippen molar-refractivity contribution in [3.8, 4) is 0 Å². The number of hydrogen-bond acceptors (Lipinski definition) is 4. The fraction of sp³-hybridized carbons (Fsp3) is 0.538. The van der Waals surface area contributed by atoms with Crippen LogP contribution >= 0.6 is 0 Å². The highest BCUT2D eigenvalue weighted by atomic mass is 16.2. The molecule has 18 heavy (non-hydrogen) atoms. The number of hydrogen-bond donors (Lipinski definition) is 2. The van der Waals surface area contributed by atoms with Crippen LogP contribution in [0.4, 0.5) is 0 Å². The van der Waals surface area contributed by atoms with Crippen molar-refractivity contribution < 1.29 is 4.79 Å². The van der Waals surface area contributed by atoms with E-state index in [1.165, 1.54) is 5.56 Å². The molecule has 0 radical (unpaired) electrons. The van der Waals surface area contributed by atoms with Crippen LogP contribution in [0.1, 0.15) is 12.5 Å². The molecule has 5 nitrogen and oxygen atoms in total. The van der Waals surface area contributed by atoms with Crippen molar-refractivity contribution in [2.24, 2.45) is 0 Å². The number of amides is 1. The molecule has 1 aliphatic heterocycles. The molecule has 2 heterocycles. The topological polar surface area (TPSA) is 57.3 Å². The van der Waals surface area contributed by atoms with Gasteiger partial charge in [0, 0.05) is 45.1 Å². The van der Waals surface area contributed by atoms with Gasteiger partial charge < -0.3 is 10.6 Å². The van der Waals surface area contributed by atoms with E-state index in [9.17, 15) is 4.79 Å². The van der Waals surface area contributed by atoms with Crippen LogP contribution in [-0.2, 0) is 11.3 Å². The number of carbonyl (C=O) groups is 1. The smallest absolute Gasteiger partial charge is 0.238 e. The van der Waals surface area contributed by atoms with Gasteiger partial charge in [0.05, 0.1) is 0 Å². The zero-order valence-electron chi connectivity index (χ0n) is 10.7. The normalized spacial score (nSPS) is 20.6. The Morgan fingerprint density at radius 1 is 1.56 bits per heavy atom. The van der Waals surface area contributed by atoms with Crippen LogP contribution in [0.2, 0.25) is 0 Å². The molecule has 2 N–H and O–H groups in total. The zero-order chi connectivity index (χ0) is 12.8. The van der Waals surface area contributed by atoms with Gasteiger partial charge in [0.2, 0.25) is 5.91 Å². The van der Waals surface area contributed by atoms with E-state index in [2.05, 4.69) is 20.5 Å². The lowest BCUT2D eigenvalue weighted by atomic mass is 10.1. The summed E-state index contributed by atoms with van der Waals surface area (Å²) < 4.78 is 0. The second-order valence-corrected chi connectivity index (χ2v) is 4.44. The molecule has 0 aromatic carbocycles. The molecule has 1 aliphatic rings. The first kappa shape index (κ1) is 13.0. The lowest BCUT2D eigenvalue weighted by molar-refractivity contribution is -0.127. The summed E-state index contributed by atoms with van der Waals surface area (Å²) >= 11 is 0. The highest BCUT2D eigenvalue weighted by molar-refractivity contribution is 5.82. The van der Waals surface area contributed by atoms with Gasteiger partial charge in [-0.05, 0) is 24.6 Å². The molecule has 1 saturated heterocycles. The molecule has 0 bridgehead atoms. The summed E-state index contributed by atoms with van der Waals surface area (Å²) in [6.07, 6.45) is 3.58. The predicted molar refractivity (Wildman–Crippen MR) is 70.0 cm³/mol. The average Bonchev–Trinajstić information content (AvgIpc) is 2.41. The minimum Gasteiger partial charge on any atom is -0.355 e. The van der Waals surface area contributed by atoms with Gasteiger partial charge in [0.25, 0.3) is 0 Å². The number of nitrogens with one attached hydrogen (secondary N) is 2. The predicted octanol–water partition coefficient (Wildman–Crippen LogP) is -0.00850. The Bertz CT molecular complexity index is 382. The summed E-state index contributed by atoms with van der Waals surface area (Å²) in [6.45, 7) is 5.97. The molecule has 1 unspecified atom stereocenters. The molecular formula is C13H20N4O. The summed E-state index contributed by atoms with van der Waals surface area (Å²) in [5, 5.41) is 6.17. The lowest BCUT2D eigenvalue weighted by Crippen LogP contribution is -2.57. The van der Waals surface area contributed by atoms with Gasteiger partial charge in [0.1, 0.15) is 6.04 Å². The highest BCUT2D eigenvalue weighted by Gasteiger charge is 2.27. The summed E-state index contributed by atoms with van der Waals surface area (Å²) in [5.41, 5.74) is 1.20. The average molecular weight is 248 g/mol. The van der Waals surface area contributed by atoms with Crippen LogP contribution in [0.3, 0.4) is 0 Å². The van der Waals surface area contributed by atoms with Crippen LogP contribution in [0.5, 0.6) is 0 Å². The molecule has 1 aromatic rings. The summed E-state index contributed by atoms with van der Waals surface area (Å²) in [6, 6.07) is 3.92. The molecule has 5 heteroatoms. The van der Waals surface area contributed by atoms with Crippen molar-refractivity contribution in [3.05, 3.63) is 30.1 Å². The lowest BCUT2D eigenvalue weighted by Gasteiger charge is -2.35. The quantitative estimate of drug-likeness (QED) is 0.787. The molecule has 1 atom stereocenters. The van der Waals surface area contributed by atoms with Gasteiger partial charge in [-0.2, -0.15) is 0 Å². The standard InChI is InChI=1S/C13H20N4O/c1-2-16-13(18)12-9-15-7-8-17(12)10-11-3-5-14-6-4-11/h3-6,12,15H,2,7-10H2,1H3,(H,16,18). The van der Waals surface area contributed by atoms with E-state index in [0.717, 1.165) is 26.2 Å². The first-order valence-corrected chi connectivity index (χ1v) is 6.42. The molecule has 1 amide bonds. The van der Waals surface area contributed by atoms with Crippen molar-refractivity contribution in [2.45, 2.75) is 19.5 Å². The first-order chi connectivity index (χ1) is 8.81. The SMILES string of the molecule is CCNC(=O)C1CNCCN1Cc1ccncc1. The number of likely N-dealkylation sites (N-methyl/N-ethyl adjacent to an activating group) is 1. The van der Waals surface area contributed by atoms with E-state index in [0.29, 0.717) is 6.54 Å². The molecule has 0 aliphatic carbocycles. The van der Waals surface area contributed by atoms with Crippen molar-refractivity contribution >= 4 is 5.91 Å². The third-order valence-electron chi connectivity index (χ3n) is 3.14. The van der Waals surface area contributed by atoms with Crippen molar-refractivity contribution in [3.63, 3.8) is 0 Å². The Labute approximate surface area is 108 Å². The van der Waals surface area contributed by atoms with Crippen LogP contribution in [0, 0.1) is 0 Å². The van der Waals surface area contributed by atoms with E-state index in [-0.39, 0.29) is 11.9 Å². The maximum absolute atomic E-state index is 12.0. The number of nitrogens with zero attached hydrogens (tertiary/aromatic N) is 2. The highest BCUT2D eigenvalue weighted by Crippen LogP contribution is 2.09. The van der Waals surface area contributed by atoms with Crippen molar-refractivity contribution in [1.29, 1.82) is 0 Å². The Morgan fingerprint density at radius 3 is 3.06 bits per heavy atom. The Kier molecular flexibility index (Phi) is 4.66. The van der Waals surface area contributed by atoms with Gasteiger partial charge in [0.15, 0.2) is 0 Å². The van der Waals surface area contributed by atoms with Gasteiger partial charge in [-0.25, -0.2) is 0 Å². The van der Waals surface area contributed by atoms with Crippen LogP contribution in [0.15, 0.2) is 24.5 Å². The maximum Gasteiger partial charge on any atom is 0.238 e. The molecule has 1 aromatic heterocycles. The van der Waals surface area contributed by atoms with Gasteiger partial charge in [-0.1, -0.05) is 0 Å². The molecule has 2 rings (SSSR count). The molecule has 0 spiro atoms. The van der Waals surface area contributed by atoms with Gasteiger partial charge in [-0.15, -0.1) is 0 Å². The molecule has 98 valence electrons. The minimum atomic E-state index is -0.0770. The number of rotatable bonds is 4. The number of piperazine rings is 1. The number of pyridine rings is 1. The van der Waals surface area contributed by atoms with E-state index < -0.39 is 0 Å².